The molecule has 3 heteroatoms. The van der Waals surface area contributed by atoms with E-state index in [0.717, 1.165) is 0 Å². The Morgan fingerprint density at radius 3 is 2.47 bits per heavy atom. The van der Waals surface area contributed by atoms with Gasteiger partial charge in [0.05, 0.1) is 0 Å². The smallest absolute Gasteiger partial charge is 0.223 e. The van der Waals surface area contributed by atoms with Gasteiger partial charge in [0.1, 0.15) is 0 Å². The van der Waals surface area contributed by atoms with Crippen molar-refractivity contribution in [1.29, 1.82) is 0 Å². The molecule has 3 unspecified atom stereocenters. The van der Waals surface area contributed by atoms with Crippen LogP contribution in [0.25, 0.3) is 0 Å². The van der Waals surface area contributed by atoms with E-state index in [1.54, 1.807) is 0 Å². The number of amides is 1. The summed E-state index contributed by atoms with van der Waals surface area (Å²) in [6.45, 7) is 4.75. The summed E-state index contributed by atoms with van der Waals surface area (Å²) in [5, 5.41) is 3.09. The Labute approximate surface area is 91.8 Å². The second kappa shape index (κ2) is 4.12. The number of hydrogen-bond acceptors (Lipinski definition) is 2. The van der Waals surface area contributed by atoms with Crippen molar-refractivity contribution in [2.75, 3.05) is 6.54 Å². The predicted molar refractivity (Wildman–Crippen MR) is 60.1 cm³/mol. The molecule has 2 fully saturated rings. The van der Waals surface area contributed by atoms with Crippen LogP contribution >= 0.6 is 0 Å². The van der Waals surface area contributed by atoms with Crippen LogP contribution in [0.2, 0.25) is 0 Å². The van der Waals surface area contributed by atoms with Gasteiger partial charge < -0.3 is 11.1 Å². The zero-order chi connectivity index (χ0) is 11.0. The second-order valence-corrected chi connectivity index (χ2v) is 5.38. The van der Waals surface area contributed by atoms with Crippen molar-refractivity contribution in [3.63, 3.8) is 0 Å². The second-order valence-electron chi connectivity index (χ2n) is 5.38. The minimum absolute atomic E-state index is 0.152. The zero-order valence-electron chi connectivity index (χ0n) is 9.70. The largest absolute Gasteiger partial charge is 0.352 e. The first-order chi connectivity index (χ1) is 7.15. The van der Waals surface area contributed by atoms with E-state index in [1.807, 2.05) is 0 Å². The van der Waals surface area contributed by atoms with E-state index in [9.17, 15) is 4.79 Å². The molecule has 0 heterocycles. The molecule has 0 aromatic carbocycles. The number of rotatable bonds is 4. The maximum Gasteiger partial charge on any atom is 0.223 e. The molecule has 0 spiro atoms. The molecule has 3 atom stereocenters. The molecule has 1 amide bonds. The Balaban J connectivity index is 1.82. The minimum Gasteiger partial charge on any atom is -0.352 e. The summed E-state index contributed by atoms with van der Waals surface area (Å²) in [5.41, 5.74) is 5.64. The van der Waals surface area contributed by atoms with Gasteiger partial charge in [-0.05, 0) is 30.6 Å². The molecule has 2 saturated carbocycles. The highest BCUT2D eigenvalue weighted by Crippen LogP contribution is 2.57. The molecule has 2 aliphatic rings. The van der Waals surface area contributed by atoms with Crippen molar-refractivity contribution in [2.24, 2.45) is 29.4 Å². The van der Waals surface area contributed by atoms with Crippen molar-refractivity contribution in [3.05, 3.63) is 0 Å². The fraction of sp³-hybridized carbons (Fsp3) is 0.917. The highest BCUT2D eigenvalue weighted by Gasteiger charge is 2.56. The molecule has 0 radical (unpaired) electrons. The number of hydrogen-bond donors (Lipinski definition) is 2. The van der Waals surface area contributed by atoms with Gasteiger partial charge in [-0.2, -0.15) is 0 Å². The summed E-state index contributed by atoms with van der Waals surface area (Å²) in [7, 11) is 0. The number of carbonyl (C=O) groups is 1. The first-order valence-corrected chi connectivity index (χ1v) is 6.15. The van der Waals surface area contributed by atoms with Gasteiger partial charge in [0, 0.05) is 18.5 Å². The summed E-state index contributed by atoms with van der Waals surface area (Å²) in [4.78, 5) is 11.9. The van der Waals surface area contributed by atoms with Crippen LogP contribution in [0.1, 0.15) is 33.1 Å². The zero-order valence-corrected chi connectivity index (χ0v) is 9.70. The van der Waals surface area contributed by atoms with Crippen LogP contribution in [0.15, 0.2) is 0 Å². The Morgan fingerprint density at radius 1 is 1.40 bits per heavy atom. The third-order valence-corrected chi connectivity index (χ3v) is 4.10. The van der Waals surface area contributed by atoms with Crippen molar-refractivity contribution >= 4 is 5.91 Å². The molecule has 0 aromatic heterocycles. The fourth-order valence-electron chi connectivity index (χ4n) is 2.99. The highest BCUT2D eigenvalue weighted by molar-refractivity contribution is 5.82. The summed E-state index contributed by atoms with van der Waals surface area (Å²) in [6.07, 6.45) is 3.85. The van der Waals surface area contributed by atoms with E-state index in [1.165, 1.54) is 19.3 Å². The molecule has 3 N–H and O–H groups in total. The molecule has 0 aliphatic heterocycles. The summed E-state index contributed by atoms with van der Waals surface area (Å²) >= 11 is 0. The lowest BCUT2D eigenvalue weighted by Crippen LogP contribution is -2.44. The normalized spacial score (nSPS) is 35.1. The maximum atomic E-state index is 11.9. The van der Waals surface area contributed by atoms with Crippen LogP contribution in [0.3, 0.4) is 0 Å². The molecule has 86 valence electrons. The van der Waals surface area contributed by atoms with Gasteiger partial charge in [-0.15, -0.1) is 0 Å². The van der Waals surface area contributed by atoms with Gasteiger partial charge in [0.15, 0.2) is 0 Å². The van der Waals surface area contributed by atoms with E-state index in [2.05, 4.69) is 19.2 Å². The Morgan fingerprint density at radius 2 is 2.00 bits per heavy atom. The molecule has 15 heavy (non-hydrogen) atoms. The first kappa shape index (κ1) is 10.9. The first-order valence-electron chi connectivity index (χ1n) is 6.15. The van der Waals surface area contributed by atoms with Crippen LogP contribution in [-0.2, 0) is 4.79 Å². The van der Waals surface area contributed by atoms with Crippen molar-refractivity contribution in [1.82, 2.24) is 5.32 Å². The SMILES string of the molecule is CC(C)C(CN)NC(=O)C1C2CCCC21. The Bertz CT molecular complexity index is 242. The lowest BCUT2D eigenvalue weighted by atomic mass is 10.0. The van der Waals surface area contributed by atoms with Crippen LogP contribution in [0.5, 0.6) is 0 Å². The third-order valence-electron chi connectivity index (χ3n) is 4.10. The standard InChI is InChI=1S/C12H22N2O/c1-7(2)10(6-13)14-12(15)11-8-4-3-5-9(8)11/h7-11H,3-6,13H2,1-2H3,(H,14,15). The topological polar surface area (TPSA) is 55.1 Å². The van der Waals surface area contributed by atoms with Crippen LogP contribution in [0.4, 0.5) is 0 Å². The van der Waals surface area contributed by atoms with Crippen molar-refractivity contribution < 1.29 is 4.79 Å². The van der Waals surface area contributed by atoms with Gasteiger partial charge in [-0.1, -0.05) is 20.3 Å². The monoisotopic (exact) mass is 210 g/mol. The van der Waals surface area contributed by atoms with E-state index >= 15 is 0 Å². The summed E-state index contributed by atoms with van der Waals surface area (Å²) < 4.78 is 0. The molecule has 2 rings (SSSR count). The van der Waals surface area contributed by atoms with Crippen molar-refractivity contribution in [2.45, 2.75) is 39.2 Å². The minimum atomic E-state index is 0.152. The van der Waals surface area contributed by atoms with Crippen molar-refractivity contribution in [3.8, 4) is 0 Å². The number of carbonyl (C=O) groups excluding carboxylic acids is 1. The molecular weight excluding hydrogens is 188 g/mol. The molecule has 0 saturated heterocycles. The number of fused-ring (bicyclic) bond motifs is 1. The average Bonchev–Trinajstić information content (AvgIpc) is 2.68. The number of nitrogens with one attached hydrogen (secondary N) is 1. The molecule has 0 bridgehead atoms. The Kier molecular flexibility index (Phi) is 3.01. The number of nitrogens with two attached hydrogens (primary N) is 1. The summed E-state index contributed by atoms with van der Waals surface area (Å²) in [5.74, 6) is 2.42. The lowest BCUT2D eigenvalue weighted by molar-refractivity contribution is -0.124. The van der Waals surface area contributed by atoms with Gasteiger partial charge in [0.25, 0.3) is 0 Å². The van der Waals surface area contributed by atoms with Gasteiger partial charge in [0.2, 0.25) is 5.91 Å². The molecule has 2 aliphatic carbocycles. The molecular formula is C12H22N2O. The summed E-state index contributed by atoms with van der Waals surface area (Å²) in [6, 6.07) is 0.152. The van der Waals surface area contributed by atoms with Gasteiger partial charge >= 0.3 is 0 Å². The predicted octanol–water partition coefficient (Wildman–Crippen LogP) is 1.13. The van der Waals surface area contributed by atoms with E-state index < -0.39 is 0 Å². The Hall–Kier alpha value is -0.570. The lowest BCUT2D eigenvalue weighted by Gasteiger charge is -2.20. The molecule has 0 aromatic rings. The highest BCUT2D eigenvalue weighted by atomic mass is 16.2. The van der Waals surface area contributed by atoms with Crippen LogP contribution in [0, 0.1) is 23.7 Å². The van der Waals surface area contributed by atoms with Gasteiger partial charge in [-0.3, -0.25) is 4.79 Å². The quantitative estimate of drug-likeness (QED) is 0.731. The average molecular weight is 210 g/mol. The van der Waals surface area contributed by atoms with E-state index in [4.69, 9.17) is 5.73 Å². The van der Waals surface area contributed by atoms with Crippen LogP contribution in [-0.4, -0.2) is 18.5 Å². The maximum absolute atomic E-state index is 11.9. The van der Waals surface area contributed by atoms with E-state index in [-0.39, 0.29) is 11.9 Å². The fourth-order valence-corrected chi connectivity index (χ4v) is 2.99. The van der Waals surface area contributed by atoms with E-state index in [0.29, 0.717) is 30.2 Å². The molecule has 3 nitrogen and oxygen atoms in total. The third kappa shape index (κ3) is 2.03. The van der Waals surface area contributed by atoms with Gasteiger partial charge in [-0.25, -0.2) is 0 Å². The van der Waals surface area contributed by atoms with Crippen LogP contribution < -0.4 is 11.1 Å².